The molecule has 1 aromatic heterocycles. The average molecular weight is 265 g/mol. The van der Waals surface area contributed by atoms with Crippen LogP contribution in [0.4, 0.5) is 18.3 Å². The van der Waals surface area contributed by atoms with E-state index in [-0.39, 0.29) is 11.0 Å². The van der Waals surface area contributed by atoms with Crippen molar-refractivity contribution in [2.45, 2.75) is 19.0 Å². The maximum absolute atomic E-state index is 12.3. The lowest BCUT2D eigenvalue weighted by Crippen LogP contribution is -2.34. The van der Waals surface area contributed by atoms with Gasteiger partial charge in [-0.15, -0.1) is 0 Å². The fourth-order valence-corrected chi connectivity index (χ4v) is 2.42. The molecule has 4 nitrogen and oxygen atoms in total. The Kier molecular flexibility index (Phi) is 3.32. The summed E-state index contributed by atoms with van der Waals surface area (Å²) in [5.41, 5.74) is 0. The fourth-order valence-electron chi connectivity index (χ4n) is 1.69. The van der Waals surface area contributed by atoms with Crippen LogP contribution in [-0.4, -0.2) is 28.7 Å². The van der Waals surface area contributed by atoms with Gasteiger partial charge < -0.3 is 9.69 Å². The zero-order chi connectivity index (χ0) is 12.5. The number of hydrogen-bond donors (Lipinski definition) is 0. The van der Waals surface area contributed by atoms with Crippen molar-refractivity contribution in [3.63, 3.8) is 0 Å². The first-order chi connectivity index (χ1) is 8.00. The van der Waals surface area contributed by atoms with E-state index in [9.17, 15) is 18.0 Å². The average Bonchev–Trinajstić information content (AvgIpc) is 2.78. The Bertz CT molecular complexity index is 398. The molecule has 8 heteroatoms. The number of nitrogens with zero attached hydrogens (tertiary/aromatic N) is 3. The van der Waals surface area contributed by atoms with Crippen molar-refractivity contribution >= 4 is 23.0 Å². The second-order valence-electron chi connectivity index (χ2n) is 3.86. The van der Waals surface area contributed by atoms with Gasteiger partial charge >= 0.3 is 6.18 Å². The zero-order valence-electron chi connectivity index (χ0n) is 8.78. The summed E-state index contributed by atoms with van der Waals surface area (Å²) in [6.45, 7) is 1.10. The molecule has 0 unspecified atom stereocenters. The van der Waals surface area contributed by atoms with Gasteiger partial charge in [-0.05, 0) is 12.8 Å². The monoisotopic (exact) mass is 265 g/mol. The Morgan fingerprint density at radius 1 is 1.35 bits per heavy atom. The van der Waals surface area contributed by atoms with Gasteiger partial charge in [0.25, 0.3) is 0 Å². The zero-order valence-corrected chi connectivity index (χ0v) is 9.59. The van der Waals surface area contributed by atoms with E-state index in [1.165, 1.54) is 0 Å². The first kappa shape index (κ1) is 12.3. The number of carbonyl (C=O) groups is 1. The molecular formula is C9H10F3N3OS. The topological polar surface area (TPSA) is 46.1 Å². The van der Waals surface area contributed by atoms with Crippen molar-refractivity contribution in [3.8, 4) is 0 Å². The van der Waals surface area contributed by atoms with Crippen LogP contribution in [0.3, 0.4) is 0 Å². The van der Waals surface area contributed by atoms with Crippen molar-refractivity contribution in [1.29, 1.82) is 0 Å². The van der Waals surface area contributed by atoms with Crippen molar-refractivity contribution < 1.29 is 18.0 Å². The van der Waals surface area contributed by atoms with E-state index < -0.39 is 12.0 Å². The quantitative estimate of drug-likeness (QED) is 0.767. The van der Waals surface area contributed by atoms with Crippen molar-refractivity contribution in [3.05, 3.63) is 5.82 Å². The standard InChI is InChI=1S/C9H10F3N3OS/c10-9(11,12)7-13-8(17-14-7)15-3-1-6(5-16)2-4-15/h5-6H,1-4H2. The molecule has 2 heterocycles. The molecule has 1 aromatic rings. The summed E-state index contributed by atoms with van der Waals surface area (Å²) < 4.78 is 40.2. The lowest BCUT2D eigenvalue weighted by Gasteiger charge is -2.28. The van der Waals surface area contributed by atoms with Crippen LogP contribution in [0, 0.1) is 5.92 Å². The van der Waals surface area contributed by atoms with E-state index in [0.717, 1.165) is 17.8 Å². The van der Waals surface area contributed by atoms with Crippen molar-refractivity contribution in [2.24, 2.45) is 5.92 Å². The Hall–Kier alpha value is -1.18. The third kappa shape index (κ3) is 2.74. The number of carbonyl (C=O) groups excluding carboxylic acids is 1. The number of anilines is 1. The number of aldehydes is 1. The SMILES string of the molecule is O=CC1CCN(c2nc(C(F)(F)F)ns2)CC1. The maximum atomic E-state index is 12.3. The van der Waals surface area contributed by atoms with Gasteiger partial charge in [0.15, 0.2) is 0 Å². The summed E-state index contributed by atoms with van der Waals surface area (Å²) in [4.78, 5) is 15.8. The minimum atomic E-state index is -4.49. The third-order valence-electron chi connectivity index (χ3n) is 2.67. The minimum Gasteiger partial charge on any atom is -0.347 e. The minimum absolute atomic E-state index is 0.0151. The van der Waals surface area contributed by atoms with Crippen LogP contribution in [0.15, 0.2) is 0 Å². The molecule has 0 aliphatic carbocycles. The third-order valence-corrected chi connectivity index (χ3v) is 3.45. The molecule has 0 amide bonds. The molecule has 94 valence electrons. The van der Waals surface area contributed by atoms with Crippen molar-refractivity contribution in [1.82, 2.24) is 9.36 Å². The van der Waals surface area contributed by atoms with E-state index >= 15 is 0 Å². The normalized spacial score (nSPS) is 18.4. The van der Waals surface area contributed by atoms with Gasteiger partial charge in [0.05, 0.1) is 0 Å². The molecule has 0 bridgehead atoms. The summed E-state index contributed by atoms with van der Waals surface area (Å²) >= 11 is 0.748. The number of piperidine rings is 1. The maximum Gasteiger partial charge on any atom is 0.452 e. The van der Waals surface area contributed by atoms with Gasteiger partial charge in [0, 0.05) is 30.5 Å². The molecule has 0 spiro atoms. The number of rotatable bonds is 2. The lowest BCUT2D eigenvalue weighted by atomic mass is 9.99. The number of alkyl halides is 3. The van der Waals surface area contributed by atoms with E-state index in [1.54, 1.807) is 4.90 Å². The highest BCUT2D eigenvalue weighted by atomic mass is 32.1. The largest absolute Gasteiger partial charge is 0.452 e. The molecule has 17 heavy (non-hydrogen) atoms. The molecule has 0 radical (unpaired) electrons. The second-order valence-corrected chi connectivity index (χ2v) is 4.59. The number of hydrogen-bond acceptors (Lipinski definition) is 5. The molecule has 1 fully saturated rings. The molecule has 0 aromatic carbocycles. The molecule has 0 atom stereocenters. The van der Waals surface area contributed by atoms with Gasteiger partial charge in [-0.1, -0.05) is 0 Å². The Morgan fingerprint density at radius 2 is 2.00 bits per heavy atom. The van der Waals surface area contributed by atoms with E-state index in [1.807, 2.05) is 0 Å². The predicted octanol–water partition coefficient (Wildman–Crippen LogP) is 1.97. The molecule has 1 aliphatic heterocycles. The summed E-state index contributed by atoms with van der Waals surface area (Å²) in [5, 5.41) is 0.279. The van der Waals surface area contributed by atoms with Crippen LogP contribution in [-0.2, 0) is 11.0 Å². The van der Waals surface area contributed by atoms with Crippen LogP contribution in [0.5, 0.6) is 0 Å². The predicted molar refractivity (Wildman–Crippen MR) is 55.9 cm³/mol. The van der Waals surface area contributed by atoms with Crippen molar-refractivity contribution in [2.75, 3.05) is 18.0 Å². The molecular weight excluding hydrogens is 255 g/mol. The Balaban J connectivity index is 2.04. The first-order valence-corrected chi connectivity index (χ1v) is 5.89. The smallest absolute Gasteiger partial charge is 0.347 e. The molecule has 1 aliphatic rings. The summed E-state index contributed by atoms with van der Waals surface area (Å²) in [6, 6.07) is 0. The highest BCUT2D eigenvalue weighted by Crippen LogP contribution is 2.31. The second kappa shape index (κ2) is 4.59. The van der Waals surface area contributed by atoms with Gasteiger partial charge in [0.2, 0.25) is 11.0 Å². The van der Waals surface area contributed by atoms with Crippen LogP contribution in [0.25, 0.3) is 0 Å². The van der Waals surface area contributed by atoms with Gasteiger partial charge in [-0.25, -0.2) is 0 Å². The van der Waals surface area contributed by atoms with Gasteiger partial charge in [-0.2, -0.15) is 22.5 Å². The van der Waals surface area contributed by atoms with Gasteiger partial charge in [0.1, 0.15) is 6.29 Å². The summed E-state index contributed by atoms with van der Waals surface area (Å²) in [5.74, 6) is -1.07. The summed E-state index contributed by atoms with van der Waals surface area (Å²) in [7, 11) is 0. The van der Waals surface area contributed by atoms with E-state index in [0.29, 0.717) is 25.9 Å². The fraction of sp³-hybridized carbons (Fsp3) is 0.667. The number of halogens is 3. The highest BCUT2D eigenvalue weighted by Gasteiger charge is 2.36. The van der Waals surface area contributed by atoms with Crippen LogP contribution in [0.1, 0.15) is 18.7 Å². The lowest BCUT2D eigenvalue weighted by molar-refractivity contribution is -0.144. The molecule has 0 N–H and O–H groups in total. The molecule has 0 saturated carbocycles. The molecule has 1 saturated heterocycles. The van der Waals surface area contributed by atoms with Crippen LogP contribution < -0.4 is 4.90 Å². The Labute approximate surface area is 99.6 Å². The van der Waals surface area contributed by atoms with Crippen LogP contribution in [0.2, 0.25) is 0 Å². The first-order valence-electron chi connectivity index (χ1n) is 5.12. The summed E-state index contributed by atoms with van der Waals surface area (Å²) in [6.07, 6.45) is -2.27. The van der Waals surface area contributed by atoms with E-state index in [4.69, 9.17) is 0 Å². The molecule has 2 rings (SSSR count). The highest BCUT2D eigenvalue weighted by molar-refractivity contribution is 7.09. The Morgan fingerprint density at radius 3 is 2.47 bits per heavy atom. The van der Waals surface area contributed by atoms with E-state index in [2.05, 4.69) is 9.36 Å². The van der Waals surface area contributed by atoms with Gasteiger partial charge in [-0.3, -0.25) is 0 Å². The van der Waals surface area contributed by atoms with Crippen LogP contribution >= 0.6 is 11.5 Å². The number of aromatic nitrogens is 2.